The fourth-order valence-corrected chi connectivity index (χ4v) is 1.67. The fourth-order valence-electron chi connectivity index (χ4n) is 1.67. The molecule has 0 N–H and O–H groups in total. The summed E-state index contributed by atoms with van der Waals surface area (Å²) in [6.07, 6.45) is 3.08. The second-order valence-corrected chi connectivity index (χ2v) is 3.69. The van der Waals surface area contributed by atoms with Crippen LogP contribution in [-0.4, -0.2) is 57.2 Å². The molecule has 1 saturated heterocycles. The van der Waals surface area contributed by atoms with Crippen LogP contribution in [0.5, 0.6) is 0 Å². The van der Waals surface area contributed by atoms with Crippen molar-refractivity contribution in [1.82, 2.24) is 0 Å². The summed E-state index contributed by atoms with van der Waals surface area (Å²) in [5.74, 6) is -0.301. The van der Waals surface area contributed by atoms with E-state index in [0.29, 0.717) is 31.0 Å². The number of nitrogens with zero attached hydrogens (tertiary/aromatic N) is 1. The lowest BCUT2D eigenvalue weighted by Gasteiger charge is -2.36. The number of allylic oxidation sites excluding steroid dienone is 1. The molecule has 0 aromatic heterocycles. The summed E-state index contributed by atoms with van der Waals surface area (Å²) in [6, 6.07) is 0. The molecule has 0 radical (unpaired) electrons. The molecular formula is C11H20NO4+. The second kappa shape index (κ2) is 6.62. The van der Waals surface area contributed by atoms with Crippen LogP contribution in [0.15, 0.2) is 12.2 Å². The van der Waals surface area contributed by atoms with E-state index in [1.807, 2.05) is 0 Å². The predicted molar refractivity (Wildman–Crippen MR) is 58.5 cm³/mol. The Kier molecular flexibility index (Phi) is 5.45. The summed E-state index contributed by atoms with van der Waals surface area (Å²) in [4.78, 5) is 16.6. The average molecular weight is 230 g/mol. The van der Waals surface area contributed by atoms with Crippen LogP contribution in [0.25, 0.3) is 0 Å². The van der Waals surface area contributed by atoms with Gasteiger partial charge in [-0.2, -0.15) is 4.65 Å². The van der Waals surface area contributed by atoms with Crippen molar-refractivity contribution in [3.63, 3.8) is 0 Å². The van der Waals surface area contributed by atoms with Gasteiger partial charge in [0.15, 0.2) is 0 Å². The van der Waals surface area contributed by atoms with Crippen molar-refractivity contribution in [2.24, 2.45) is 0 Å². The van der Waals surface area contributed by atoms with Crippen LogP contribution < -0.4 is 0 Å². The van der Waals surface area contributed by atoms with E-state index in [2.05, 4.69) is 0 Å². The molecule has 5 nitrogen and oxygen atoms in total. The van der Waals surface area contributed by atoms with Crippen molar-refractivity contribution in [2.75, 3.05) is 46.6 Å². The highest BCUT2D eigenvalue weighted by Gasteiger charge is 2.31. The molecule has 0 saturated carbocycles. The van der Waals surface area contributed by atoms with E-state index in [-0.39, 0.29) is 5.97 Å². The molecule has 92 valence electrons. The summed E-state index contributed by atoms with van der Waals surface area (Å²) >= 11 is 0. The molecule has 16 heavy (non-hydrogen) atoms. The van der Waals surface area contributed by atoms with Crippen molar-refractivity contribution in [3.05, 3.63) is 12.2 Å². The van der Waals surface area contributed by atoms with Crippen LogP contribution in [-0.2, 0) is 19.1 Å². The van der Waals surface area contributed by atoms with E-state index in [0.717, 1.165) is 13.1 Å². The van der Waals surface area contributed by atoms with Gasteiger partial charge in [-0.3, -0.25) is 0 Å². The number of carbonyl (C=O) groups excluding carboxylic acids is 1. The maximum atomic E-state index is 11.1. The zero-order chi connectivity index (χ0) is 11.9. The molecule has 0 aromatic carbocycles. The van der Waals surface area contributed by atoms with Gasteiger partial charge in [0.25, 0.3) is 0 Å². The van der Waals surface area contributed by atoms with E-state index < -0.39 is 0 Å². The first-order valence-corrected chi connectivity index (χ1v) is 5.51. The number of hydroxylamine groups is 3. The van der Waals surface area contributed by atoms with Crippen LogP contribution in [0.1, 0.15) is 6.92 Å². The molecule has 1 heterocycles. The number of rotatable bonds is 5. The highest BCUT2D eigenvalue weighted by molar-refractivity contribution is 5.81. The summed E-state index contributed by atoms with van der Waals surface area (Å²) in [5, 5.41) is 0. The topological polar surface area (TPSA) is 44.8 Å². The summed E-state index contributed by atoms with van der Waals surface area (Å²) in [7, 11) is 1.68. The Morgan fingerprint density at radius 3 is 2.69 bits per heavy atom. The van der Waals surface area contributed by atoms with Crippen molar-refractivity contribution >= 4 is 5.97 Å². The van der Waals surface area contributed by atoms with Crippen LogP contribution in [0.2, 0.25) is 0 Å². The average Bonchev–Trinajstić information content (AvgIpc) is 2.31. The molecule has 0 aromatic rings. The molecular weight excluding hydrogens is 210 g/mol. The first-order chi connectivity index (χ1) is 7.72. The first-order valence-electron chi connectivity index (χ1n) is 5.51. The van der Waals surface area contributed by atoms with E-state index >= 15 is 0 Å². The van der Waals surface area contributed by atoms with Crippen molar-refractivity contribution in [3.8, 4) is 0 Å². The third-order valence-electron chi connectivity index (χ3n) is 2.72. The minimum atomic E-state index is -0.301. The third-order valence-corrected chi connectivity index (χ3v) is 2.72. The van der Waals surface area contributed by atoms with E-state index in [1.54, 1.807) is 20.1 Å². The number of quaternary nitrogens is 1. The predicted octanol–water partition coefficient (Wildman–Crippen LogP) is 0.514. The number of hydrogen-bond donors (Lipinski definition) is 0. The van der Waals surface area contributed by atoms with Gasteiger partial charge in [-0.05, 0) is 6.92 Å². The van der Waals surface area contributed by atoms with E-state index in [1.165, 1.54) is 6.08 Å². The minimum absolute atomic E-state index is 0.301. The Balaban J connectivity index is 2.30. The molecule has 1 aliphatic rings. The number of carbonyl (C=O) groups is 1. The molecule has 1 fully saturated rings. The maximum absolute atomic E-state index is 11.1. The van der Waals surface area contributed by atoms with Crippen LogP contribution in [0.4, 0.5) is 0 Å². The van der Waals surface area contributed by atoms with E-state index in [9.17, 15) is 4.79 Å². The Labute approximate surface area is 96.1 Å². The molecule has 0 bridgehead atoms. The minimum Gasteiger partial charge on any atom is -0.456 e. The van der Waals surface area contributed by atoms with E-state index in [4.69, 9.17) is 14.3 Å². The quantitative estimate of drug-likeness (QED) is 0.392. The number of morpholine rings is 1. The van der Waals surface area contributed by atoms with Gasteiger partial charge < -0.3 is 9.47 Å². The van der Waals surface area contributed by atoms with Gasteiger partial charge in [0, 0.05) is 6.08 Å². The van der Waals surface area contributed by atoms with Gasteiger partial charge in [0.2, 0.25) is 0 Å². The lowest BCUT2D eigenvalue weighted by molar-refractivity contribution is -1.11. The number of esters is 1. The largest absolute Gasteiger partial charge is 0.456 e. The van der Waals surface area contributed by atoms with Crippen molar-refractivity contribution < 1.29 is 23.8 Å². The lowest BCUT2D eigenvalue weighted by atomic mass is 10.4. The second-order valence-electron chi connectivity index (χ2n) is 3.69. The van der Waals surface area contributed by atoms with Gasteiger partial charge in [0.05, 0.1) is 20.3 Å². The Morgan fingerprint density at radius 2 is 2.12 bits per heavy atom. The molecule has 5 heteroatoms. The van der Waals surface area contributed by atoms with Gasteiger partial charge in [0.1, 0.15) is 26.2 Å². The number of ether oxygens (including phenoxy) is 2. The molecule has 0 unspecified atom stereocenters. The zero-order valence-electron chi connectivity index (χ0n) is 9.98. The number of hydrogen-bond acceptors (Lipinski definition) is 4. The van der Waals surface area contributed by atoms with Crippen LogP contribution in [0, 0.1) is 0 Å². The smallest absolute Gasteiger partial charge is 0.330 e. The third kappa shape index (κ3) is 3.92. The Bertz CT molecular complexity index is 246. The fraction of sp³-hybridized carbons (Fsp3) is 0.727. The lowest BCUT2D eigenvalue weighted by Crippen LogP contribution is -2.55. The van der Waals surface area contributed by atoms with Gasteiger partial charge in [-0.25, -0.2) is 9.63 Å². The standard InChI is InChI=1S/C11H20NO4/c1-3-4-11(13)16-10-7-12(14-2)5-8-15-9-6-12/h3-4H,5-10H2,1-2H3/q+1/b4-3+. The Hall–Kier alpha value is -0.910. The molecule has 1 rings (SSSR count). The monoisotopic (exact) mass is 230 g/mol. The highest BCUT2D eigenvalue weighted by Crippen LogP contribution is 2.11. The molecule has 0 amide bonds. The molecule has 0 atom stereocenters. The zero-order valence-corrected chi connectivity index (χ0v) is 9.98. The normalized spacial score (nSPS) is 19.9. The SMILES string of the molecule is C/C=C/C(=O)OCC[N+]1(OC)CCOCC1. The van der Waals surface area contributed by atoms with Crippen LogP contribution >= 0.6 is 0 Å². The summed E-state index contributed by atoms with van der Waals surface area (Å²) in [5.41, 5.74) is 0. The molecule has 1 aliphatic heterocycles. The van der Waals surface area contributed by atoms with Gasteiger partial charge in [-0.15, -0.1) is 0 Å². The molecule has 0 spiro atoms. The maximum Gasteiger partial charge on any atom is 0.330 e. The van der Waals surface area contributed by atoms with Gasteiger partial charge >= 0.3 is 5.97 Å². The molecule has 0 aliphatic carbocycles. The summed E-state index contributed by atoms with van der Waals surface area (Å²) < 4.78 is 10.8. The summed E-state index contributed by atoms with van der Waals surface area (Å²) in [6.45, 7) is 5.81. The Morgan fingerprint density at radius 1 is 1.44 bits per heavy atom. The highest BCUT2D eigenvalue weighted by atomic mass is 16.7. The van der Waals surface area contributed by atoms with Crippen molar-refractivity contribution in [1.29, 1.82) is 0 Å². The first kappa shape index (κ1) is 13.2. The van der Waals surface area contributed by atoms with Gasteiger partial charge in [-0.1, -0.05) is 6.08 Å². The van der Waals surface area contributed by atoms with Crippen LogP contribution in [0.3, 0.4) is 0 Å². The van der Waals surface area contributed by atoms with Crippen molar-refractivity contribution in [2.45, 2.75) is 6.92 Å².